The lowest BCUT2D eigenvalue weighted by molar-refractivity contribution is -0.124. The van der Waals surface area contributed by atoms with Crippen molar-refractivity contribution in [3.63, 3.8) is 0 Å². The molecule has 0 saturated heterocycles. The highest BCUT2D eigenvalue weighted by Gasteiger charge is 2.26. The van der Waals surface area contributed by atoms with Crippen LogP contribution in [0.1, 0.15) is 51.9 Å². The second kappa shape index (κ2) is 12.8. The van der Waals surface area contributed by atoms with Crippen LogP contribution in [0.2, 0.25) is 0 Å². The van der Waals surface area contributed by atoms with Gasteiger partial charge in [0.25, 0.3) is 5.91 Å². The molecule has 2 N–H and O–H groups in total. The number of benzene rings is 1. The predicted octanol–water partition coefficient (Wildman–Crippen LogP) is 1.93. The summed E-state index contributed by atoms with van der Waals surface area (Å²) in [5.41, 5.74) is 0.204. The van der Waals surface area contributed by atoms with E-state index >= 15 is 0 Å². The van der Waals surface area contributed by atoms with Crippen molar-refractivity contribution < 1.29 is 18.0 Å². The minimum atomic E-state index is -3.67. The maximum atomic E-state index is 12.8. The van der Waals surface area contributed by atoms with Gasteiger partial charge in [0.15, 0.2) is 0 Å². The molecule has 0 fully saturated rings. The molecular weight excluding hydrogens is 416 g/mol. The summed E-state index contributed by atoms with van der Waals surface area (Å²) in [7, 11) is -3.67. The molecule has 1 aromatic carbocycles. The number of carbonyl (C=O) groups excluding carboxylic acids is 2. The van der Waals surface area contributed by atoms with Gasteiger partial charge in [0.1, 0.15) is 6.04 Å². The van der Waals surface area contributed by atoms with E-state index in [4.69, 9.17) is 0 Å². The number of rotatable bonds is 13. The first-order valence-corrected chi connectivity index (χ1v) is 12.5. The fourth-order valence-corrected chi connectivity index (χ4v) is 4.76. The normalized spacial score (nSPS) is 12.9. The Morgan fingerprint density at radius 3 is 2.13 bits per heavy atom. The lowest BCUT2D eigenvalue weighted by Gasteiger charge is -2.23. The summed E-state index contributed by atoms with van der Waals surface area (Å²) in [6.45, 7) is 15.1. The monoisotopic (exact) mass is 454 g/mol. The molecule has 0 aliphatic rings. The number of nitrogens with zero attached hydrogens (tertiary/aromatic N) is 2. The first-order valence-electron chi connectivity index (χ1n) is 11.0. The number of sulfonamides is 1. The minimum Gasteiger partial charge on any atom is -0.353 e. The van der Waals surface area contributed by atoms with Crippen LogP contribution in [-0.2, 0) is 14.8 Å². The van der Waals surface area contributed by atoms with Crippen LogP contribution in [0.5, 0.6) is 0 Å². The summed E-state index contributed by atoms with van der Waals surface area (Å²) >= 11 is 0. The van der Waals surface area contributed by atoms with Gasteiger partial charge in [0.05, 0.1) is 4.90 Å². The van der Waals surface area contributed by atoms with E-state index in [1.807, 2.05) is 13.8 Å². The van der Waals surface area contributed by atoms with Crippen LogP contribution >= 0.6 is 0 Å². The Bertz CT molecular complexity index is 819. The van der Waals surface area contributed by atoms with Gasteiger partial charge in [-0.15, -0.1) is 0 Å². The van der Waals surface area contributed by atoms with Crippen molar-refractivity contribution in [2.75, 3.05) is 39.3 Å². The van der Waals surface area contributed by atoms with E-state index < -0.39 is 22.0 Å². The maximum Gasteiger partial charge on any atom is 0.251 e. The largest absolute Gasteiger partial charge is 0.353 e. The number of likely N-dealkylation sites (N-methyl/N-ethyl adjacent to an activating group) is 1. The molecule has 8 nitrogen and oxygen atoms in total. The molecule has 0 aliphatic carbocycles. The molecule has 0 bridgehead atoms. The van der Waals surface area contributed by atoms with Crippen LogP contribution in [0.4, 0.5) is 0 Å². The molecule has 0 spiro atoms. The Morgan fingerprint density at radius 1 is 1.00 bits per heavy atom. The average molecular weight is 455 g/mol. The molecule has 0 saturated carbocycles. The summed E-state index contributed by atoms with van der Waals surface area (Å²) < 4.78 is 26.9. The van der Waals surface area contributed by atoms with Gasteiger partial charge >= 0.3 is 0 Å². The molecule has 9 heteroatoms. The maximum absolute atomic E-state index is 12.8. The summed E-state index contributed by atoms with van der Waals surface area (Å²) in [5.74, 6) is -0.850. The summed E-state index contributed by atoms with van der Waals surface area (Å²) in [5, 5.41) is 5.65. The third kappa shape index (κ3) is 7.59. The van der Waals surface area contributed by atoms with Gasteiger partial charge in [-0.3, -0.25) is 9.59 Å². The standard InChI is InChI=1S/C22H38N4O4S/c1-7-25(8-2)15-14-23-22(28)20(17(5)6)24-21(27)18-12-11-13-19(16-18)31(29,30)26(9-3)10-4/h11-13,16-17,20H,7-10,14-15H2,1-6H3,(H,23,28)(H,24,27). The third-order valence-corrected chi connectivity index (χ3v) is 7.34. The van der Waals surface area contributed by atoms with Crippen molar-refractivity contribution in [3.05, 3.63) is 29.8 Å². The second-order valence-corrected chi connectivity index (χ2v) is 9.57. The van der Waals surface area contributed by atoms with Gasteiger partial charge in [-0.2, -0.15) is 4.31 Å². The first kappa shape index (κ1) is 27.1. The Labute approximate surface area is 187 Å². The number of hydrogen-bond donors (Lipinski definition) is 2. The van der Waals surface area contributed by atoms with Gasteiger partial charge in [-0.1, -0.05) is 47.6 Å². The highest BCUT2D eigenvalue weighted by molar-refractivity contribution is 7.89. The van der Waals surface area contributed by atoms with E-state index in [1.165, 1.54) is 16.4 Å². The highest BCUT2D eigenvalue weighted by Crippen LogP contribution is 2.17. The fraction of sp³-hybridized carbons (Fsp3) is 0.636. The fourth-order valence-electron chi connectivity index (χ4n) is 3.26. The van der Waals surface area contributed by atoms with E-state index in [9.17, 15) is 18.0 Å². The van der Waals surface area contributed by atoms with Crippen LogP contribution in [0, 0.1) is 5.92 Å². The van der Waals surface area contributed by atoms with Gasteiger partial charge in [0, 0.05) is 31.7 Å². The van der Waals surface area contributed by atoms with Gasteiger partial charge in [-0.25, -0.2) is 8.42 Å². The zero-order valence-electron chi connectivity index (χ0n) is 19.6. The minimum absolute atomic E-state index is 0.0635. The van der Waals surface area contributed by atoms with Crippen LogP contribution in [0.25, 0.3) is 0 Å². The molecule has 2 amide bonds. The van der Waals surface area contributed by atoms with Crippen molar-refractivity contribution in [3.8, 4) is 0 Å². The number of hydrogen-bond acceptors (Lipinski definition) is 5. The van der Waals surface area contributed by atoms with Crippen molar-refractivity contribution in [1.82, 2.24) is 19.8 Å². The van der Waals surface area contributed by atoms with E-state index in [0.717, 1.165) is 19.6 Å². The number of amides is 2. The molecule has 1 atom stereocenters. The third-order valence-electron chi connectivity index (χ3n) is 5.30. The quantitative estimate of drug-likeness (QED) is 0.475. The van der Waals surface area contributed by atoms with Gasteiger partial charge in [-0.05, 0) is 37.2 Å². The van der Waals surface area contributed by atoms with E-state index in [2.05, 4.69) is 29.4 Å². The lowest BCUT2D eigenvalue weighted by atomic mass is 10.0. The van der Waals surface area contributed by atoms with E-state index in [0.29, 0.717) is 19.6 Å². The Hall–Kier alpha value is -1.97. The molecule has 1 aromatic rings. The van der Waals surface area contributed by atoms with Gasteiger partial charge in [0.2, 0.25) is 15.9 Å². The average Bonchev–Trinajstić information content (AvgIpc) is 2.75. The topological polar surface area (TPSA) is 98.8 Å². The second-order valence-electron chi connectivity index (χ2n) is 7.63. The van der Waals surface area contributed by atoms with Crippen molar-refractivity contribution in [2.45, 2.75) is 52.5 Å². The van der Waals surface area contributed by atoms with Gasteiger partial charge < -0.3 is 15.5 Å². The highest BCUT2D eigenvalue weighted by atomic mass is 32.2. The van der Waals surface area contributed by atoms with Crippen LogP contribution in [0.3, 0.4) is 0 Å². The lowest BCUT2D eigenvalue weighted by Crippen LogP contribution is -2.50. The molecular formula is C22H38N4O4S. The molecule has 1 rings (SSSR count). The Kier molecular flexibility index (Phi) is 11.2. The van der Waals surface area contributed by atoms with Crippen molar-refractivity contribution >= 4 is 21.8 Å². The zero-order valence-corrected chi connectivity index (χ0v) is 20.5. The van der Waals surface area contributed by atoms with Crippen molar-refractivity contribution in [2.24, 2.45) is 5.92 Å². The van der Waals surface area contributed by atoms with Crippen LogP contribution < -0.4 is 10.6 Å². The Balaban J connectivity index is 2.93. The summed E-state index contributed by atoms with van der Waals surface area (Å²) in [6.07, 6.45) is 0. The molecule has 0 radical (unpaired) electrons. The zero-order chi connectivity index (χ0) is 23.6. The summed E-state index contributed by atoms with van der Waals surface area (Å²) in [6, 6.07) is 5.21. The Morgan fingerprint density at radius 2 is 1.61 bits per heavy atom. The van der Waals surface area contributed by atoms with Crippen LogP contribution in [-0.4, -0.2) is 74.7 Å². The van der Waals surface area contributed by atoms with E-state index in [1.54, 1.807) is 26.0 Å². The molecule has 31 heavy (non-hydrogen) atoms. The first-order chi connectivity index (χ1) is 14.6. The smallest absolute Gasteiger partial charge is 0.251 e. The molecule has 176 valence electrons. The predicted molar refractivity (Wildman–Crippen MR) is 123 cm³/mol. The summed E-state index contributed by atoms with van der Waals surface area (Å²) in [4.78, 5) is 27.7. The molecule has 0 aliphatic heterocycles. The molecule has 0 aromatic heterocycles. The number of nitrogens with one attached hydrogen (secondary N) is 2. The van der Waals surface area contributed by atoms with Crippen molar-refractivity contribution in [1.29, 1.82) is 0 Å². The van der Waals surface area contributed by atoms with E-state index in [-0.39, 0.29) is 22.3 Å². The van der Waals surface area contributed by atoms with Crippen LogP contribution in [0.15, 0.2) is 29.2 Å². The SMILES string of the molecule is CCN(CC)CCNC(=O)C(NC(=O)c1cccc(S(=O)(=O)N(CC)CC)c1)C(C)C. The molecule has 1 unspecified atom stereocenters. The number of carbonyl (C=O) groups is 2. The molecule has 0 heterocycles.